The number of sulfonamides is 1. The van der Waals surface area contributed by atoms with Gasteiger partial charge >= 0.3 is 0 Å². The first kappa shape index (κ1) is 21.6. The Morgan fingerprint density at radius 2 is 1.69 bits per heavy atom. The minimum atomic E-state index is -3.70. The van der Waals surface area contributed by atoms with E-state index in [0.717, 1.165) is 15.6 Å². The summed E-state index contributed by atoms with van der Waals surface area (Å²) in [6, 6.07) is 5.11. The Labute approximate surface area is 178 Å². The predicted molar refractivity (Wildman–Crippen MR) is 115 cm³/mol. The Hall–Kier alpha value is -2.14. The summed E-state index contributed by atoms with van der Waals surface area (Å²) in [5.41, 5.74) is 1.60. The lowest BCUT2D eigenvalue weighted by atomic mass is 10.2. The molecule has 3 rings (SSSR count). The second-order valence-corrected chi connectivity index (χ2v) is 10.0. The van der Waals surface area contributed by atoms with Crippen molar-refractivity contribution in [1.82, 2.24) is 9.71 Å². The zero-order valence-corrected chi connectivity index (χ0v) is 19.2. The Bertz CT molecular complexity index is 1090. The van der Waals surface area contributed by atoms with Gasteiger partial charge in [0, 0.05) is 22.5 Å². The van der Waals surface area contributed by atoms with Crippen molar-refractivity contribution in [2.75, 3.05) is 21.3 Å². The van der Waals surface area contributed by atoms with Crippen LogP contribution in [-0.4, -0.2) is 34.7 Å². The van der Waals surface area contributed by atoms with Crippen molar-refractivity contribution in [2.45, 2.75) is 25.3 Å². The molecule has 0 bridgehead atoms. The van der Waals surface area contributed by atoms with E-state index < -0.39 is 10.0 Å². The van der Waals surface area contributed by atoms with Crippen LogP contribution in [0, 0.1) is 13.8 Å². The van der Waals surface area contributed by atoms with Crippen molar-refractivity contribution >= 4 is 32.7 Å². The van der Waals surface area contributed by atoms with Gasteiger partial charge in [-0.2, -0.15) is 0 Å². The summed E-state index contributed by atoms with van der Waals surface area (Å²) in [6.45, 7) is 3.79. The van der Waals surface area contributed by atoms with E-state index >= 15 is 0 Å². The number of thiazole rings is 1. The van der Waals surface area contributed by atoms with Crippen LogP contribution in [0.25, 0.3) is 9.88 Å². The molecule has 0 amide bonds. The Balaban J connectivity index is 1.85. The van der Waals surface area contributed by atoms with Gasteiger partial charge < -0.3 is 14.2 Å². The van der Waals surface area contributed by atoms with Gasteiger partial charge in [-0.1, -0.05) is 0 Å². The van der Waals surface area contributed by atoms with Gasteiger partial charge in [0.2, 0.25) is 15.8 Å². The van der Waals surface area contributed by atoms with Crippen molar-refractivity contribution in [2.24, 2.45) is 0 Å². The quantitative estimate of drug-likeness (QED) is 0.554. The van der Waals surface area contributed by atoms with Crippen molar-refractivity contribution in [3.8, 4) is 27.1 Å². The molecule has 3 aromatic rings. The third kappa shape index (κ3) is 4.55. The molecule has 0 aliphatic carbocycles. The van der Waals surface area contributed by atoms with E-state index in [2.05, 4.69) is 9.71 Å². The molecule has 0 radical (unpaired) electrons. The monoisotopic (exact) mass is 454 g/mol. The van der Waals surface area contributed by atoms with Gasteiger partial charge in [-0.25, -0.2) is 18.1 Å². The van der Waals surface area contributed by atoms with Gasteiger partial charge in [-0.15, -0.1) is 22.7 Å². The first-order valence-corrected chi connectivity index (χ1v) is 11.8. The van der Waals surface area contributed by atoms with Crippen LogP contribution in [-0.2, 0) is 16.6 Å². The van der Waals surface area contributed by atoms with Crippen LogP contribution in [0.15, 0.2) is 28.5 Å². The summed E-state index contributed by atoms with van der Waals surface area (Å²) >= 11 is 2.92. The molecular formula is C19H22N2O5S3. The lowest BCUT2D eigenvalue weighted by Gasteiger charge is -2.14. The second-order valence-electron chi connectivity index (χ2n) is 6.18. The van der Waals surface area contributed by atoms with E-state index in [1.165, 1.54) is 44.0 Å². The molecule has 0 aliphatic heterocycles. The average molecular weight is 455 g/mol. The van der Waals surface area contributed by atoms with E-state index in [-0.39, 0.29) is 11.4 Å². The Morgan fingerprint density at radius 1 is 1.03 bits per heavy atom. The fraction of sp³-hybridized carbons (Fsp3) is 0.316. The first-order chi connectivity index (χ1) is 13.8. The van der Waals surface area contributed by atoms with Gasteiger partial charge in [0.25, 0.3) is 0 Å². The van der Waals surface area contributed by atoms with Crippen molar-refractivity contribution in [3.05, 3.63) is 39.7 Å². The number of rotatable bonds is 8. The van der Waals surface area contributed by atoms with Crippen LogP contribution in [0.3, 0.4) is 0 Å². The van der Waals surface area contributed by atoms with Crippen LogP contribution in [0.1, 0.15) is 16.1 Å². The molecule has 0 spiro atoms. The number of ether oxygens (including phenoxy) is 3. The number of hydrogen-bond donors (Lipinski definition) is 1. The van der Waals surface area contributed by atoms with Gasteiger partial charge in [-0.05, 0) is 37.6 Å². The molecule has 0 aliphatic rings. The Kier molecular flexibility index (Phi) is 6.47. The minimum Gasteiger partial charge on any atom is -0.493 e. The fourth-order valence-corrected chi connectivity index (χ4v) is 6.27. The lowest BCUT2D eigenvalue weighted by molar-refractivity contribution is 0.323. The SMILES string of the molecule is COc1cc(CNS(=O)(=O)c2cc(-c3nc(C)cs3)sc2C)cc(OC)c1OC. The molecule has 156 valence electrons. The molecule has 2 aromatic heterocycles. The molecule has 0 fully saturated rings. The number of thiophene rings is 1. The van der Waals surface area contributed by atoms with Gasteiger partial charge in [0.05, 0.1) is 31.1 Å². The van der Waals surface area contributed by atoms with E-state index in [1.807, 2.05) is 12.3 Å². The highest BCUT2D eigenvalue weighted by atomic mass is 32.2. The normalized spacial score (nSPS) is 11.5. The van der Waals surface area contributed by atoms with E-state index in [1.54, 1.807) is 25.1 Å². The number of hydrogen-bond acceptors (Lipinski definition) is 8. The fourth-order valence-electron chi connectivity index (χ4n) is 2.80. The molecule has 0 atom stereocenters. The van der Waals surface area contributed by atoms with Crippen molar-refractivity contribution in [3.63, 3.8) is 0 Å². The second kappa shape index (κ2) is 8.70. The summed E-state index contributed by atoms with van der Waals surface area (Å²) in [7, 11) is 0.849. The third-order valence-electron chi connectivity index (χ3n) is 4.18. The van der Waals surface area contributed by atoms with Crippen LogP contribution < -0.4 is 18.9 Å². The number of nitrogens with one attached hydrogen (secondary N) is 1. The van der Waals surface area contributed by atoms with Crippen LogP contribution >= 0.6 is 22.7 Å². The molecule has 1 aromatic carbocycles. The topological polar surface area (TPSA) is 86.8 Å². The standard InChI is InChI=1S/C19H22N2O5S3/c1-11-10-27-19(21-11)16-8-17(12(2)28-16)29(22,23)20-9-13-6-14(24-3)18(26-5)15(7-13)25-4/h6-8,10,20H,9H2,1-5H3. The molecule has 0 unspecified atom stereocenters. The first-order valence-electron chi connectivity index (χ1n) is 8.60. The molecule has 7 nitrogen and oxygen atoms in total. The maximum Gasteiger partial charge on any atom is 0.241 e. The summed E-state index contributed by atoms with van der Waals surface area (Å²) in [6.07, 6.45) is 0. The van der Waals surface area contributed by atoms with Crippen molar-refractivity contribution in [1.29, 1.82) is 0 Å². The lowest BCUT2D eigenvalue weighted by Crippen LogP contribution is -2.23. The summed E-state index contributed by atoms with van der Waals surface area (Å²) in [5.74, 6) is 1.39. The third-order valence-corrected chi connectivity index (χ3v) is 8.02. The summed E-state index contributed by atoms with van der Waals surface area (Å²) in [5, 5.41) is 2.77. The van der Waals surface area contributed by atoms with Gasteiger partial charge in [-0.3, -0.25) is 0 Å². The van der Waals surface area contributed by atoms with Crippen molar-refractivity contribution < 1.29 is 22.6 Å². The zero-order chi connectivity index (χ0) is 21.2. The average Bonchev–Trinajstić information content (AvgIpc) is 3.31. The highest BCUT2D eigenvalue weighted by molar-refractivity contribution is 7.89. The molecule has 1 N–H and O–H groups in total. The molecular weight excluding hydrogens is 432 g/mol. The molecule has 29 heavy (non-hydrogen) atoms. The highest BCUT2D eigenvalue weighted by Gasteiger charge is 2.22. The number of aromatic nitrogens is 1. The summed E-state index contributed by atoms with van der Waals surface area (Å²) < 4.78 is 44.4. The maximum absolute atomic E-state index is 12.9. The number of methoxy groups -OCH3 is 3. The minimum absolute atomic E-state index is 0.0834. The molecule has 0 saturated heterocycles. The van der Waals surface area contributed by atoms with E-state index in [4.69, 9.17) is 14.2 Å². The number of benzene rings is 1. The molecule has 2 heterocycles. The van der Waals surface area contributed by atoms with Gasteiger partial charge in [0.1, 0.15) is 5.01 Å². The van der Waals surface area contributed by atoms with Crippen LogP contribution in [0.5, 0.6) is 17.2 Å². The molecule has 0 saturated carbocycles. The van der Waals surface area contributed by atoms with E-state index in [9.17, 15) is 8.42 Å². The number of aryl methyl sites for hydroxylation is 2. The largest absolute Gasteiger partial charge is 0.493 e. The predicted octanol–water partition coefficient (Wildman–Crippen LogP) is 3.99. The highest BCUT2D eigenvalue weighted by Crippen LogP contribution is 2.38. The maximum atomic E-state index is 12.9. The zero-order valence-electron chi connectivity index (χ0n) is 16.7. The van der Waals surface area contributed by atoms with E-state index in [0.29, 0.717) is 27.7 Å². The number of nitrogens with zero attached hydrogens (tertiary/aromatic N) is 1. The molecule has 10 heteroatoms. The Morgan fingerprint density at radius 3 is 2.21 bits per heavy atom. The van der Waals surface area contributed by atoms with Gasteiger partial charge in [0.15, 0.2) is 11.5 Å². The van der Waals surface area contributed by atoms with Crippen LogP contribution in [0.2, 0.25) is 0 Å². The summed E-state index contributed by atoms with van der Waals surface area (Å²) in [4.78, 5) is 6.26. The smallest absolute Gasteiger partial charge is 0.241 e. The van der Waals surface area contributed by atoms with Crippen LogP contribution in [0.4, 0.5) is 0 Å².